The molecule has 0 saturated heterocycles. The molecular formula is C13H22O4. The van der Waals surface area contributed by atoms with Gasteiger partial charge in [-0.3, -0.25) is 9.59 Å². The number of ketones is 1. The maximum atomic E-state index is 12.2. The lowest BCUT2D eigenvalue weighted by Crippen LogP contribution is -2.41. The van der Waals surface area contributed by atoms with E-state index in [1.807, 2.05) is 6.92 Å². The smallest absolute Gasteiger partial charge is 0.303 e. The summed E-state index contributed by atoms with van der Waals surface area (Å²) in [5.41, 5.74) is -0.694. The number of hydrogen-bond acceptors (Lipinski definition) is 3. The third kappa shape index (κ3) is 4.11. The average molecular weight is 242 g/mol. The second-order valence-corrected chi connectivity index (χ2v) is 4.66. The maximum Gasteiger partial charge on any atom is 0.303 e. The van der Waals surface area contributed by atoms with Crippen molar-refractivity contribution in [2.45, 2.75) is 63.9 Å². The number of carboxylic acid groups (broad SMARTS) is 1. The number of carbonyl (C=O) groups is 2. The van der Waals surface area contributed by atoms with Crippen LogP contribution in [0.15, 0.2) is 0 Å². The van der Waals surface area contributed by atoms with Crippen LogP contribution >= 0.6 is 0 Å². The van der Waals surface area contributed by atoms with E-state index in [9.17, 15) is 9.59 Å². The van der Waals surface area contributed by atoms with Crippen LogP contribution in [0.4, 0.5) is 0 Å². The second kappa shape index (κ2) is 6.74. The Bertz CT molecular complexity index is 265. The SMILES string of the molecule is CCOC1(C(=O)CCC(=O)O)CCCCCC1. The quantitative estimate of drug-likeness (QED) is 0.727. The number of Topliss-reactive ketones (excluding diaryl/α,β-unsaturated/α-hetero) is 1. The van der Waals surface area contributed by atoms with Crippen molar-refractivity contribution in [2.75, 3.05) is 6.61 Å². The Morgan fingerprint density at radius 2 is 1.71 bits per heavy atom. The lowest BCUT2D eigenvalue weighted by Gasteiger charge is -2.31. The van der Waals surface area contributed by atoms with Gasteiger partial charge in [0, 0.05) is 13.0 Å². The van der Waals surface area contributed by atoms with Gasteiger partial charge in [-0.05, 0) is 19.8 Å². The molecule has 0 unspecified atom stereocenters. The van der Waals surface area contributed by atoms with E-state index < -0.39 is 11.6 Å². The maximum absolute atomic E-state index is 12.2. The first-order chi connectivity index (χ1) is 8.10. The Kier molecular flexibility index (Phi) is 5.62. The summed E-state index contributed by atoms with van der Waals surface area (Å²) in [6, 6.07) is 0. The van der Waals surface area contributed by atoms with Crippen molar-refractivity contribution < 1.29 is 19.4 Å². The van der Waals surface area contributed by atoms with Gasteiger partial charge in [0.1, 0.15) is 5.60 Å². The van der Waals surface area contributed by atoms with Crippen molar-refractivity contribution in [1.82, 2.24) is 0 Å². The van der Waals surface area contributed by atoms with E-state index in [0.717, 1.165) is 38.5 Å². The highest BCUT2D eigenvalue weighted by Gasteiger charge is 2.38. The number of ether oxygens (including phenoxy) is 1. The summed E-state index contributed by atoms with van der Waals surface area (Å²) in [5, 5.41) is 8.64. The second-order valence-electron chi connectivity index (χ2n) is 4.66. The molecule has 0 heterocycles. The molecule has 0 spiro atoms. The molecular weight excluding hydrogens is 220 g/mol. The minimum absolute atomic E-state index is 0.0244. The third-order valence-electron chi connectivity index (χ3n) is 3.41. The minimum atomic E-state index is -0.918. The molecule has 0 amide bonds. The van der Waals surface area contributed by atoms with E-state index in [0.29, 0.717) is 6.61 Å². The van der Waals surface area contributed by atoms with Gasteiger partial charge in [0.15, 0.2) is 5.78 Å². The number of rotatable bonds is 6. The van der Waals surface area contributed by atoms with Crippen molar-refractivity contribution >= 4 is 11.8 Å². The Hall–Kier alpha value is -0.900. The van der Waals surface area contributed by atoms with Crippen LogP contribution in [-0.2, 0) is 14.3 Å². The average Bonchev–Trinajstić information content (AvgIpc) is 2.53. The minimum Gasteiger partial charge on any atom is -0.481 e. The lowest BCUT2D eigenvalue weighted by molar-refractivity contribution is -0.149. The summed E-state index contributed by atoms with van der Waals surface area (Å²) in [5.74, 6) is -0.942. The Morgan fingerprint density at radius 1 is 1.12 bits per heavy atom. The summed E-state index contributed by atoms with van der Waals surface area (Å²) >= 11 is 0. The molecule has 0 aromatic rings. The van der Waals surface area contributed by atoms with Crippen LogP contribution in [0.2, 0.25) is 0 Å². The number of hydrogen-bond donors (Lipinski definition) is 1. The van der Waals surface area contributed by atoms with Crippen LogP contribution in [0.5, 0.6) is 0 Å². The summed E-state index contributed by atoms with van der Waals surface area (Å²) in [7, 11) is 0. The molecule has 1 aliphatic carbocycles. The fraction of sp³-hybridized carbons (Fsp3) is 0.846. The van der Waals surface area contributed by atoms with Crippen LogP contribution in [0.25, 0.3) is 0 Å². The zero-order chi connectivity index (χ0) is 12.7. The van der Waals surface area contributed by atoms with Crippen molar-refractivity contribution in [3.8, 4) is 0 Å². The number of carbonyl (C=O) groups excluding carboxylic acids is 1. The van der Waals surface area contributed by atoms with E-state index >= 15 is 0 Å². The Labute approximate surface area is 102 Å². The lowest BCUT2D eigenvalue weighted by atomic mass is 9.87. The first-order valence-corrected chi connectivity index (χ1v) is 6.50. The largest absolute Gasteiger partial charge is 0.481 e. The van der Waals surface area contributed by atoms with Gasteiger partial charge in [-0.25, -0.2) is 0 Å². The Morgan fingerprint density at radius 3 is 2.18 bits per heavy atom. The van der Waals surface area contributed by atoms with E-state index in [4.69, 9.17) is 9.84 Å². The van der Waals surface area contributed by atoms with E-state index in [1.54, 1.807) is 0 Å². The van der Waals surface area contributed by atoms with Crippen LogP contribution in [0.3, 0.4) is 0 Å². The molecule has 1 aliphatic rings. The Balaban J connectivity index is 2.67. The first-order valence-electron chi connectivity index (χ1n) is 6.50. The molecule has 1 saturated carbocycles. The van der Waals surface area contributed by atoms with Crippen LogP contribution < -0.4 is 0 Å². The van der Waals surface area contributed by atoms with Crippen LogP contribution in [-0.4, -0.2) is 29.1 Å². The van der Waals surface area contributed by atoms with Crippen molar-refractivity contribution in [3.63, 3.8) is 0 Å². The molecule has 1 rings (SSSR count). The molecule has 0 aromatic carbocycles. The predicted molar refractivity (Wildman–Crippen MR) is 63.9 cm³/mol. The van der Waals surface area contributed by atoms with Crippen LogP contribution in [0.1, 0.15) is 58.3 Å². The molecule has 0 atom stereocenters. The molecule has 1 fully saturated rings. The van der Waals surface area contributed by atoms with Crippen LogP contribution in [0, 0.1) is 0 Å². The summed E-state index contributed by atoms with van der Waals surface area (Å²) in [4.78, 5) is 22.7. The summed E-state index contributed by atoms with van der Waals surface area (Å²) < 4.78 is 5.70. The van der Waals surface area contributed by atoms with Gasteiger partial charge in [-0.15, -0.1) is 0 Å². The summed E-state index contributed by atoms with van der Waals surface area (Å²) in [6.45, 7) is 2.40. The molecule has 17 heavy (non-hydrogen) atoms. The number of carboxylic acids is 1. The molecule has 0 aliphatic heterocycles. The van der Waals surface area contributed by atoms with Gasteiger partial charge in [-0.2, -0.15) is 0 Å². The topological polar surface area (TPSA) is 63.6 Å². The molecule has 1 N–H and O–H groups in total. The highest BCUT2D eigenvalue weighted by Crippen LogP contribution is 2.32. The standard InChI is InChI=1S/C13H22O4/c1-2-17-13(9-5-3-4-6-10-13)11(14)7-8-12(15)16/h2-10H2,1H3,(H,15,16). The van der Waals surface area contributed by atoms with Gasteiger partial charge in [0.05, 0.1) is 6.42 Å². The highest BCUT2D eigenvalue weighted by molar-refractivity contribution is 5.89. The van der Waals surface area contributed by atoms with Gasteiger partial charge < -0.3 is 9.84 Å². The van der Waals surface area contributed by atoms with Crippen molar-refractivity contribution in [3.05, 3.63) is 0 Å². The fourth-order valence-electron chi connectivity index (χ4n) is 2.53. The normalized spacial score (nSPS) is 19.6. The zero-order valence-corrected chi connectivity index (χ0v) is 10.5. The molecule has 0 aromatic heterocycles. The third-order valence-corrected chi connectivity index (χ3v) is 3.41. The van der Waals surface area contributed by atoms with Crippen molar-refractivity contribution in [1.29, 1.82) is 0 Å². The zero-order valence-electron chi connectivity index (χ0n) is 10.5. The fourth-order valence-corrected chi connectivity index (χ4v) is 2.53. The number of aliphatic carboxylic acids is 1. The van der Waals surface area contributed by atoms with Crippen molar-refractivity contribution in [2.24, 2.45) is 0 Å². The highest BCUT2D eigenvalue weighted by atomic mass is 16.5. The first kappa shape index (κ1) is 14.2. The van der Waals surface area contributed by atoms with Gasteiger partial charge in [0.25, 0.3) is 0 Å². The van der Waals surface area contributed by atoms with E-state index in [2.05, 4.69) is 0 Å². The molecule has 0 radical (unpaired) electrons. The van der Waals surface area contributed by atoms with E-state index in [1.165, 1.54) is 0 Å². The van der Waals surface area contributed by atoms with Gasteiger partial charge >= 0.3 is 5.97 Å². The summed E-state index contributed by atoms with van der Waals surface area (Å²) in [6.07, 6.45) is 5.78. The molecule has 98 valence electrons. The van der Waals surface area contributed by atoms with Gasteiger partial charge in [-0.1, -0.05) is 25.7 Å². The molecule has 4 heteroatoms. The van der Waals surface area contributed by atoms with Gasteiger partial charge in [0.2, 0.25) is 0 Å². The van der Waals surface area contributed by atoms with E-state index in [-0.39, 0.29) is 18.6 Å². The predicted octanol–water partition coefficient (Wildman–Crippen LogP) is 2.55. The molecule has 0 bridgehead atoms. The monoisotopic (exact) mass is 242 g/mol. The molecule has 4 nitrogen and oxygen atoms in total.